The van der Waals surface area contributed by atoms with E-state index in [9.17, 15) is 0 Å². The van der Waals surface area contributed by atoms with Crippen LogP contribution in [0.4, 0.5) is 0 Å². The topological polar surface area (TPSA) is 65.7 Å². The van der Waals surface area contributed by atoms with Crippen molar-refractivity contribution in [1.82, 2.24) is 25.0 Å². The molecule has 3 aromatic heterocycles. The second kappa shape index (κ2) is 7.40. The average Bonchev–Trinajstić information content (AvgIpc) is 3.22. The minimum Gasteiger partial charge on any atom is -0.480 e. The van der Waals surface area contributed by atoms with E-state index in [0.717, 1.165) is 51.4 Å². The number of methoxy groups -OCH3 is 1. The average molecular weight is 426 g/mol. The fraction of sp³-hybridized carbons (Fsp3) is 0.385. The quantitative estimate of drug-likeness (QED) is 0.425. The molecule has 2 saturated carbocycles. The highest BCUT2D eigenvalue weighted by Crippen LogP contribution is 2.58. The molecular formula is C26H27N5O. The van der Waals surface area contributed by atoms with Gasteiger partial charge in [-0.2, -0.15) is 5.10 Å². The Kier molecular flexibility index (Phi) is 4.49. The molecule has 0 N–H and O–H groups in total. The highest BCUT2D eigenvalue weighted by atomic mass is 16.5. The Morgan fingerprint density at radius 2 is 1.94 bits per heavy atom. The molecular weight excluding hydrogens is 398 g/mol. The van der Waals surface area contributed by atoms with E-state index in [4.69, 9.17) is 9.72 Å². The smallest absolute Gasteiger partial charge is 0.233 e. The molecule has 2 fully saturated rings. The number of aromatic nitrogens is 5. The minimum atomic E-state index is 0.515. The van der Waals surface area contributed by atoms with Crippen molar-refractivity contribution in [3.63, 3.8) is 0 Å². The van der Waals surface area contributed by atoms with Crippen molar-refractivity contribution >= 4 is 10.9 Å². The zero-order chi connectivity index (χ0) is 21.7. The van der Waals surface area contributed by atoms with Crippen LogP contribution in [0.2, 0.25) is 0 Å². The van der Waals surface area contributed by atoms with Crippen LogP contribution < -0.4 is 4.74 Å². The van der Waals surface area contributed by atoms with Crippen molar-refractivity contribution in [2.24, 2.45) is 11.3 Å². The van der Waals surface area contributed by atoms with Crippen molar-refractivity contribution in [2.45, 2.75) is 45.6 Å². The summed E-state index contributed by atoms with van der Waals surface area (Å²) < 4.78 is 7.32. The normalized spacial score (nSPS) is 17.3. The van der Waals surface area contributed by atoms with Crippen LogP contribution in [0.25, 0.3) is 33.3 Å². The van der Waals surface area contributed by atoms with Gasteiger partial charge in [0, 0.05) is 46.6 Å². The summed E-state index contributed by atoms with van der Waals surface area (Å²) >= 11 is 0. The van der Waals surface area contributed by atoms with E-state index in [2.05, 4.69) is 44.4 Å². The van der Waals surface area contributed by atoms with Crippen LogP contribution in [-0.2, 0) is 6.54 Å². The van der Waals surface area contributed by atoms with Gasteiger partial charge in [-0.15, -0.1) is 10.2 Å². The highest BCUT2D eigenvalue weighted by Gasteiger charge is 2.47. The molecule has 6 nitrogen and oxygen atoms in total. The molecule has 6 heteroatoms. The standard InChI is InChI=1S/C26H27N5O/c1-17-4-7-22(21-14-27-31(16-21)15-18-12-26(13-18)8-3-9-26)25(28-17)20-6-5-19-11-24(32-2)30-29-23(19)10-20/h4-7,10-11,14,16,18H,3,8-9,12-13,15H2,1-2H3. The Bertz CT molecular complexity index is 1300. The van der Waals surface area contributed by atoms with Gasteiger partial charge in [0.1, 0.15) is 0 Å². The second-order valence-corrected chi connectivity index (χ2v) is 9.59. The number of benzene rings is 1. The molecule has 2 aliphatic carbocycles. The molecule has 1 aromatic carbocycles. The van der Waals surface area contributed by atoms with Crippen LogP contribution in [0.3, 0.4) is 0 Å². The van der Waals surface area contributed by atoms with Gasteiger partial charge in [-0.3, -0.25) is 9.67 Å². The van der Waals surface area contributed by atoms with Crippen LogP contribution in [0.15, 0.2) is 48.8 Å². The second-order valence-electron chi connectivity index (χ2n) is 9.59. The summed E-state index contributed by atoms with van der Waals surface area (Å²) in [6.07, 6.45) is 11.2. The summed E-state index contributed by atoms with van der Waals surface area (Å²) in [7, 11) is 1.60. The number of nitrogens with zero attached hydrogens (tertiary/aromatic N) is 5. The summed E-state index contributed by atoms with van der Waals surface area (Å²) in [4.78, 5) is 4.89. The summed E-state index contributed by atoms with van der Waals surface area (Å²) in [5.41, 5.74) is 6.67. The van der Waals surface area contributed by atoms with Gasteiger partial charge in [0.25, 0.3) is 0 Å². The zero-order valence-corrected chi connectivity index (χ0v) is 18.6. The third kappa shape index (κ3) is 3.34. The molecule has 0 unspecified atom stereocenters. The van der Waals surface area contributed by atoms with E-state index in [1.54, 1.807) is 7.11 Å². The van der Waals surface area contributed by atoms with E-state index in [0.29, 0.717) is 11.3 Å². The van der Waals surface area contributed by atoms with E-state index >= 15 is 0 Å². The molecule has 0 bridgehead atoms. The van der Waals surface area contributed by atoms with Gasteiger partial charge >= 0.3 is 0 Å². The molecule has 3 heterocycles. The lowest BCUT2D eigenvalue weighted by atomic mass is 9.52. The molecule has 0 amide bonds. The summed E-state index contributed by atoms with van der Waals surface area (Å²) in [5, 5.41) is 14.1. The molecule has 2 aliphatic rings. The van der Waals surface area contributed by atoms with Crippen LogP contribution in [-0.4, -0.2) is 32.1 Å². The van der Waals surface area contributed by atoms with Gasteiger partial charge in [0.15, 0.2) is 0 Å². The fourth-order valence-electron chi connectivity index (χ4n) is 5.52. The largest absolute Gasteiger partial charge is 0.480 e. The lowest BCUT2D eigenvalue weighted by molar-refractivity contribution is -0.0323. The molecule has 4 aromatic rings. The third-order valence-corrected chi connectivity index (χ3v) is 7.33. The Morgan fingerprint density at radius 3 is 2.72 bits per heavy atom. The molecule has 6 rings (SSSR count). The van der Waals surface area contributed by atoms with Gasteiger partial charge in [0.2, 0.25) is 5.88 Å². The van der Waals surface area contributed by atoms with Gasteiger partial charge < -0.3 is 4.74 Å². The first-order valence-electron chi connectivity index (χ1n) is 11.4. The molecule has 0 atom stereocenters. The number of hydrogen-bond donors (Lipinski definition) is 0. The number of aryl methyl sites for hydroxylation is 1. The SMILES string of the molecule is COc1cc2ccc(-c3nc(C)ccc3-c3cnn(CC4CC5(CCC5)C4)c3)cc2nn1. The van der Waals surface area contributed by atoms with Gasteiger partial charge in [-0.05, 0) is 56.1 Å². The van der Waals surface area contributed by atoms with Crippen LogP contribution >= 0.6 is 0 Å². The minimum absolute atomic E-state index is 0.515. The third-order valence-electron chi connectivity index (χ3n) is 7.33. The molecule has 32 heavy (non-hydrogen) atoms. The summed E-state index contributed by atoms with van der Waals surface area (Å²) in [5.74, 6) is 1.29. The van der Waals surface area contributed by atoms with E-state index in [-0.39, 0.29) is 0 Å². The van der Waals surface area contributed by atoms with Crippen LogP contribution in [0.1, 0.15) is 37.8 Å². The molecule has 0 aliphatic heterocycles. The maximum Gasteiger partial charge on any atom is 0.233 e. The number of pyridine rings is 1. The fourth-order valence-corrected chi connectivity index (χ4v) is 5.52. The summed E-state index contributed by atoms with van der Waals surface area (Å²) in [6.45, 7) is 3.04. The monoisotopic (exact) mass is 425 g/mol. The molecule has 0 saturated heterocycles. The van der Waals surface area contributed by atoms with E-state index in [1.807, 2.05) is 31.3 Å². The Balaban J connectivity index is 1.30. The number of rotatable bonds is 5. The predicted molar refractivity (Wildman–Crippen MR) is 124 cm³/mol. The van der Waals surface area contributed by atoms with Crippen molar-refractivity contribution in [3.8, 4) is 28.3 Å². The Hall–Kier alpha value is -3.28. The van der Waals surface area contributed by atoms with Crippen LogP contribution in [0, 0.1) is 18.3 Å². The van der Waals surface area contributed by atoms with Crippen molar-refractivity contribution in [2.75, 3.05) is 7.11 Å². The number of ether oxygens (including phenoxy) is 1. The Morgan fingerprint density at radius 1 is 1.06 bits per heavy atom. The molecule has 1 spiro atoms. The van der Waals surface area contributed by atoms with Gasteiger partial charge in [-0.25, -0.2) is 0 Å². The first-order chi connectivity index (χ1) is 15.6. The first kappa shape index (κ1) is 19.4. The lowest BCUT2D eigenvalue weighted by Gasteiger charge is -2.54. The zero-order valence-electron chi connectivity index (χ0n) is 18.6. The number of hydrogen-bond acceptors (Lipinski definition) is 5. The van der Waals surface area contributed by atoms with Gasteiger partial charge in [0.05, 0.1) is 24.5 Å². The molecule has 162 valence electrons. The van der Waals surface area contributed by atoms with E-state index in [1.165, 1.54) is 32.1 Å². The molecule has 0 radical (unpaired) electrons. The predicted octanol–water partition coefficient (Wildman–Crippen LogP) is 5.45. The van der Waals surface area contributed by atoms with Crippen LogP contribution in [0.5, 0.6) is 5.88 Å². The van der Waals surface area contributed by atoms with Crippen molar-refractivity contribution < 1.29 is 4.74 Å². The first-order valence-corrected chi connectivity index (χ1v) is 11.4. The number of fused-ring (bicyclic) bond motifs is 1. The summed E-state index contributed by atoms with van der Waals surface area (Å²) in [6, 6.07) is 12.3. The maximum atomic E-state index is 5.20. The Labute approximate surface area is 187 Å². The van der Waals surface area contributed by atoms with Crippen molar-refractivity contribution in [3.05, 3.63) is 54.5 Å². The lowest BCUT2D eigenvalue weighted by Crippen LogP contribution is -2.44. The highest BCUT2D eigenvalue weighted by molar-refractivity contribution is 5.88. The van der Waals surface area contributed by atoms with Gasteiger partial charge in [-0.1, -0.05) is 24.6 Å². The van der Waals surface area contributed by atoms with E-state index < -0.39 is 0 Å². The van der Waals surface area contributed by atoms with Crippen molar-refractivity contribution in [1.29, 1.82) is 0 Å². The maximum absolute atomic E-state index is 5.20.